The zero-order chi connectivity index (χ0) is 14.1. The first-order valence-corrected chi connectivity index (χ1v) is 6.68. The molecule has 7 heteroatoms. The number of rotatable bonds is 2. The molecule has 1 atom stereocenters. The molecular formula is C13H17N5O2. The molecule has 0 aliphatic carbocycles. The predicted octanol–water partition coefficient (Wildman–Crippen LogP) is -0.610. The Morgan fingerprint density at radius 2 is 2.30 bits per heavy atom. The Morgan fingerprint density at radius 3 is 3.00 bits per heavy atom. The van der Waals surface area contributed by atoms with Crippen molar-refractivity contribution in [2.75, 3.05) is 26.2 Å². The van der Waals surface area contributed by atoms with Gasteiger partial charge in [-0.15, -0.1) is 0 Å². The fraction of sp³-hybridized carbons (Fsp3) is 0.462. The van der Waals surface area contributed by atoms with Gasteiger partial charge in [-0.2, -0.15) is 0 Å². The van der Waals surface area contributed by atoms with Gasteiger partial charge in [0.05, 0.1) is 6.04 Å². The number of hydrogen-bond donors (Lipinski definition) is 2. The van der Waals surface area contributed by atoms with E-state index in [1.165, 1.54) is 0 Å². The van der Waals surface area contributed by atoms with Crippen LogP contribution in [0.25, 0.3) is 0 Å². The van der Waals surface area contributed by atoms with Crippen LogP contribution in [-0.2, 0) is 6.54 Å². The summed E-state index contributed by atoms with van der Waals surface area (Å²) in [5.74, 6) is -0.0902. The molecule has 0 radical (unpaired) electrons. The van der Waals surface area contributed by atoms with Gasteiger partial charge in [-0.05, 0) is 11.6 Å². The molecule has 3 amide bonds. The highest BCUT2D eigenvalue weighted by molar-refractivity contribution is 5.92. The maximum absolute atomic E-state index is 12.4. The molecule has 3 heterocycles. The van der Waals surface area contributed by atoms with Crippen molar-refractivity contribution in [1.29, 1.82) is 0 Å². The minimum atomic E-state index is -0.0902. The second-order valence-electron chi connectivity index (χ2n) is 5.04. The molecule has 106 valence electrons. The number of hydrogen-bond acceptors (Lipinski definition) is 4. The Morgan fingerprint density at radius 1 is 1.45 bits per heavy atom. The summed E-state index contributed by atoms with van der Waals surface area (Å²) < 4.78 is 0. The number of nitrogens with two attached hydrogens (primary N) is 1. The van der Waals surface area contributed by atoms with Gasteiger partial charge in [0.2, 0.25) is 0 Å². The minimum Gasteiger partial charge on any atom is -0.336 e. The van der Waals surface area contributed by atoms with E-state index < -0.39 is 0 Å². The third-order valence-electron chi connectivity index (χ3n) is 3.80. The number of carbonyl (C=O) groups is 2. The van der Waals surface area contributed by atoms with Crippen molar-refractivity contribution in [3.05, 3.63) is 29.6 Å². The largest absolute Gasteiger partial charge is 0.336 e. The molecule has 1 aromatic heterocycles. The number of amides is 3. The van der Waals surface area contributed by atoms with E-state index in [0.29, 0.717) is 38.4 Å². The van der Waals surface area contributed by atoms with Crippen molar-refractivity contribution in [2.24, 2.45) is 5.73 Å². The third-order valence-corrected chi connectivity index (χ3v) is 3.80. The number of fused-ring (bicyclic) bond motifs is 1. The summed E-state index contributed by atoms with van der Waals surface area (Å²) in [6, 6.07) is 3.56. The smallest absolute Gasteiger partial charge is 0.317 e. The van der Waals surface area contributed by atoms with Gasteiger partial charge in [-0.1, -0.05) is 6.07 Å². The van der Waals surface area contributed by atoms with Crippen LogP contribution >= 0.6 is 0 Å². The van der Waals surface area contributed by atoms with Crippen LogP contribution in [0.15, 0.2) is 18.3 Å². The van der Waals surface area contributed by atoms with Gasteiger partial charge in [-0.25, -0.2) is 4.79 Å². The van der Waals surface area contributed by atoms with Crippen LogP contribution in [0.2, 0.25) is 0 Å². The summed E-state index contributed by atoms with van der Waals surface area (Å²) in [6.45, 7) is 2.68. The van der Waals surface area contributed by atoms with Crippen LogP contribution in [0.5, 0.6) is 0 Å². The second-order valence-corrected chi connectivity index (χ2v) is 5.04. The van der Waals surface area contributed by atoms with Crippen molar-refractivity contribution < 1.29 is 9.59 Å². The molecule has 7 nitrogen and oxygen atoms in total. The summed E-state index contributed by atoms with van der Waals surface area (Å²) in [5, 5.41) is 2.80. The van der Waals surface area contributed by atoms with Crippen LogP contribution in [0.4, 0.5) is 4.79 Å². The Bertz CT molecular complexity index is 530. The quantitative estimate of drug-likeness (QED) is 0.753. The summed E-state index contributed by atoms with van der Waals surface area (Å²) in [6.07, 6.45) is 1.63. The summed E-state index contributed by atoms with van der Waals surface area (Å²) in [7, 11) is 0. The third kappa shape index (κ3) is 2.20. The molecule has 20 heavy (non-hydrogen) atoms. The molecule has 0 bridgehead atoms. The lowest BCUT2D eigenvalue weighted by Crippen LogP contribution is -2.53. The zero-order valence-electron chi connectivity index (χ0n) is 11.1. The molecule has 0 spiro atoms. The van der Waals surface area contributed by atoms with E-state index in [-0.39, 0.29) is 18.0 Å². The van der Waals surface area contributed by atoms with Crippen LogP contribution in [0.3, 0.4) is 0 Å². The topological polar surface area (TPSA) is 91.6 Å². The van der Waals surface area contributed by atoms with Gasteiger partial charge in [-0.3, -0.25) is 9.78 Å². The van der Waals surface area contributed by atoms with E-state index in [1.54, 1.807) is 22.1 Å². The molecule has 0 saturated carbocycles. The molecule has 2 saturated heterocycles. The normalized spacial score (nSPS) is 21.6. The maximum Gasteiger partial charge on any atom is 0.317 e. The highest BCUT2D eigenvalue weighted by Gasteiger charge is 2.37. The first-order valence-electron chi connectivity index (χ1n) is 6.68. The van der Waals surface area contributed by atoms with E-state index in [4.69, 9.17) is 5.73 Å². The summed E-state index contributed by atoms with van der Waals surface area (Å²) in [4.78, 5) is 31.6. The fourth-order valence-corrected chi connectivity index (χ4v) is 2.62. The number of nitrogens with zero attached hydrogens (tertiary/aromatic N) is 3. The molecule has 1 unspecified atom stereocenters. The van der Waals surface area contributed by atoms with Gasteiger partial charge in [0.1, 0.15) is 5.69 Å². The monoisotopic (exact) mass is 275 g/mol. The van der Waals surface area contributed by atoms with E-state index in [0.717, 1.165) is 5.56 Å². The molecule has 3 rings (SSSR count). The van der Waals surface area contributed by atoms with Crippen molar-refractivity contribution in [2.45, 2.75) is 12.6 Å². The van der Waals surface area contributed by atoms with E-state index in [1.807, 2.05) is 6.07 Å². The fourth-order valence-electron chi connectivity index (χ4n) is 2.62. The van der Waals surface area contributed by atoms with Crippen molar-refractivity contribution in [1.82, 2.24) is 20.1 Å². The maximum atomic E-state index is 12.4. The first kappa shape index (κ1) is 12.9. The molecular weight excluding hydrogens is 258 g/mol. The van der Waals surface area contributed by atoms with Crippen molar-refractivity contribution in [3.63, 3.8) is 0 Å². The minimum absolute atomic E-state index is 0.0347. The first-order chi connectivity index (χ1) is 9.69. The van der Waals surface area contributed by atoms with Crippen LogP contribution in [-0.4, -0.2) is 58.9 Å². The van der Waals surface area contributed by atoms with Gasteiger partial charge in [0, 0.05) is 38.9 Å². The van der Waals surface area contributed by atoms with E-state index in [2.05, 4.69) is 10.3 Å². The molecule has 2 fully saturated rings. The lowest BCUT2D eigenvalue weighted by molar-refractivity contribution is 0.0611. The lowest BCUT2D eigenvalue weighted by atomic mass is 10.1. The van der Waals surface area contributed by atoms with Gasteiger partial charge in [0.25, 0.3) is 5.91 Å². The highest BCUT2D eigenvalue weighted by Crippen LogP contribution is 2.16. The van der Waals surface area contributed by atoms with Crippen molar-refractivity contribution >= 4 is 11.9 Å². The van der Waals surface area contributed by atoms with Gasteiger partial charge < -0.3 is 20.9 Å². The number of carbonyl (C=O) groups excluding carboxylic acids is 2. The number of piperazine rings is 1. The SMILES string of the molecule is NCc1ccc(C(=O)N2CCN3C(=O)NCC3C2)nc1. The lowest BCUT2D eigenvalue weighted by Gasteiger charge is -2.36. The molecule has 2 aliphatic rings. The average molecular weight is 275 g/mol. The Labute approximate surface area is 116 Å². The van der Waals surface area contributed by atoms with Crippen LogP contribution in [0.1, 0.15) is 16.1 Å². The van der Waals surface area contributed by atoms with E-state index in [9.17, 15) is 9.59 Å². The van der Waals surface area contributed by atoms with Crippen LogP contribution in [0, 0.1) is 0 Å². The number of aromatic nitrogens is 1. The summed E-state index contributed by atoms with van der Waals surface area (Å²) in [5.41, 5.74) is 6.83. The predicted molar refractivity (Wildman–Crippen MR) is 71.9 cm³/mol. The standard InChI is InChI=1S/C13H17N5O2/c14-5-9-1-2-11(15-6-9)12(19)17-3-4-18-10(8-17)7-16-13(18)20/h1-2,6,10H,3-5,7-8,14H2,(H,16,20). The molecule has 0 aromatic carbocycles. The Kier molecular flexibility index (Phi) is 3.27. The van der Waals surface area contributed by atoms with E-state index >= 15 is 0 Å². The van der Waals surface area contributed by atoms with Gasteiger partial charge >= 0.3 is 6.03 Å². The molecule has 1 aromatic rings. The van der Waals surface area contributed by atoms with Crippen LogP contribution < -0.4 is 11.1 Å². The average Bonchev–Trinajstić information content (AvgIpc) is 2.87. The molecule has 3 N–H and O–H groups in total. The summed E-state index contributed by atoms with van der Waals surface area (Å²) >= 11 is 0. The number of nitrogens with one attached hydrogen (secondary N) is 1. The number of pyridine rings is 1. The second kappa shape index (κ2) is 5.09. The Hall–Kier alpha value is -2.15. The van der Waals surface area contributed by atoms with Gasteiger partial charge in [0.15, 0.2) is 0 Å². The zero-order valence-corrected chi connectivity index (χ0v) is 11.1. The Balaban J connectivity index is 1.70. The van der Waals surface area contributed by atoms with Crippen molar-refractivity contribution in [3.8, 4) is 0 Å². The number of urea groups is 1. The highest BCUT2D eigenvalue weighted by atomic mass is 16.2. The molecule has 2 aliphatic heterocycles.